The Hall–Kier alpha value is -1.29. The molecule has 1 aromatic rings. The molecule has 1 aliphatic heterocycles. The van der Waals surface area contributed by atoms with Crippen LogP contribution >= 0.6 is 0 Å². The summed E-state index contributed by atoms with van der Waals surface area (Å²) in [4.78, 5) is 10.9. The number of aliphatic carboxylic acids is 1. The second kappa shape index (κ2) is 3.63. The average Bonchev–Trinajstić information content (AvgIpc) is 2.66. The summed E-state index contributed by atoms with van der Waals surface area (Å²) in [5, 5.41) is 12.1. The Kier molecular flexibility index (Phi) is 2.24. The molecule has 0 amide bonds. The van der Waals surface area contributed by atoms with Crippen LogP contribution in [0.2, 0.25) is 0 Å². The van der Waals surface area contributed by atoms with Crippen LogP contribution in [-0.4, -0.2) is 11.1 Å². The maximum atomic E-state index is 10.9. The summed E-state index contributed by atoms with van der Waals surface area (Å²) < 4.78 is 5.84. The van der Waals surface area contributed by atoms with E-state index in [4.69, 9.17) is 9.52 Å². The molecule has 2 heterocycles. The third kappa shape index (κ3) is 1.45. The molecule has 0 radical (unpaired) electrons. The average molecular weight is 221 g/mol. The summed E-state index contributed by atoms with van der Waals surface area (Å²) in [7, 11) is 0. The minimum atomic E-state index is -0.768. The lowest BCUT2D eigenvalue weighted by Gasteiger charge is -2.24. The van der Waals surface area contributed by atoms with Crippen molar-refractivity contribution in [1.82, 2.24) is 5.32 Å². The van der Waals surface area contributed by atoms with E-state index in [2.05, 4.69) is 5.32 Å². The molecule has 4 heteroatoms. The fraction of sp³-hybridized carbons (Fsp3) is 0.583. The summed E-state index contributed by atoms with van der Waals surface area (Å²) >= 11 is 0. The van der Waals surface area contributed by atoms with Gasteiger partial charge in [0.05, 0.1) is 13.0 Å². The number of rotatable bonds is 3. The molecule has 0 aromatic carbocycles. The molecule has 1 aromatic heterocycles. The van der Waals surface area contributed by atoms with Crippen molar-refractivity contribution in [2.75, 3.05) is 0 Å². The summed E-state index contributed by atoms with van der Waals surface area (Å²) in [5.41, 5.74) is 2.04. The summed E-state index contributed by atoms with van der Waals surface area (Å²) in [6, 6.07) is 0. The van der Waals surface area contributed by atoms with E-state index in [1.165, 1.54) is 6.42 Å². The fourth-order valence-corrected chi connectivity index (χ4v) is 2.57. The first kappa shape index (κ1) is 9.90. The number of nitrogens with one attached hydrogen (secondary N) is 1. The first-order valence-electron chi connectivity index (χ1n) is 5.81. The first-order chi connectivity index (χ1) is 7.75. The van der Waals surface area contributed by atoms with Gasteiger partial charge in [0.2, 0.25) is 0 Å². The molecule has 0 bridgehead atoms. The SMILES string of the molecule is O=C(O)Cc1c(C2CCC2)oc2c1CNC2. The van der Waals surface area contributed by atoms with Crippen LogP contribution in [0.4, 0.5) is 0 Å². The maximum Gasteiger partial charge on any atom is 0.307 e. The Morgan fingerprint density at radius 2 is 2.25 bits per heavy atom. The third-order valence-electron chi connectivity index (χ3n) is 3.62. The molecule has 0 unspecified atom stereocenters. The number of carbonyl (C=O) groups is 1. The summed E-state index contributed by atoms with van der Waals surface area (Å²) in [6.45, 7) is 1.50. The van der Waals surface area contributed by atoms with Crippen molar-refractivity contribution < 1.29 is 14.3 Å². The number of carboxylic acid groups (broad SMARTS) is 1. The third-order valence-corrected chi connectivity index (χ3v) is 3.62. The van der Waals surface area contributed by atoms with Gasteiger partial charge < -0.3 is 14.8 Å². The van der Waals surface area contributed by atoms with Crippen molar-refractivity contribution in [2.45, 2.75) is 44.7 Å². The van der Waals surface area contributed by atoms with E-state index in [1.807, 2.05) is 0 Å². The molecule has 1 saturated carbocycles. The van der Waals surface area contributed by atoms with Crippen molar-refractivity contribution in [3.05, 3.63) is 22.6 Å². The number of hydrogen-bond acceptors (Lipinski definition) is 3. The van der Waals surface area contributed by atoms with E-state index in [1.54, 1.807) is 0 Å². The number of hydrogen-bond donors (Lipinski definition) is 2. The van der Waals surface area contributed by atoms with Crippen molar-refractivity contribution >= 4 is 5.97 Å². The predicted molar refractivity (Wildman–Crippen MR) is 57.2 cm³/mol. The van der Waals surface area contributed by atoms with E-state index in [0.717, 1.165) is 48.6 Å². The molecule has 0 saturated heterocycles. The zero-order valence-corrected chi connectivity index (χ0v) is 9.08. The topological polar surface area (TPSA) is 62.5 Å². The van der Waals surface area contributed by atoms with Gasteiger partial charge >= 0.3 is 5.97 Å². The molecular weight excluding hydrogens is 206 g/mol. The van der Waals surface area contributed by atoms with Crippen molar-refractivity contribution in [3.8, 4) is 0 Å². The van der Waals surface area contributed by atoms with Crippen LogP contribution in [0.5, 0.6) is 0 Å². The van der Waals surface area contributed by atoms with Gasteiger partial charge in [-0.3, -0.25) is 4.79 Å². The van der Waals surface area contributed by atoms with Crippen LogP contribution < -0.4 is 5.32 Å². The van der Waals surface area contributed by atoms with Gasteiger partial charge in [-0.15, -0.1) is 0 Å². The zero-order valence-electron chi connectivity index (χ0n) is 9.08. The highest BCUT2D eigenvalue weighted by Gasteiger charge is 2.31. The summed E-state index contributed by atoms with van der Waals surface area (Å²) in [6.07, 6.45) is 3.63. The van der Waals surface area contributed by atoms with Crippen LogP contribution in [0.1, 0.15) is 47.8 Å². The lowest BCUT2D eigenvalue weighted by atomic mass is 9.81. The Balaban J connectivity index is 1.99. The van der Waals surface area contributed by atoms with E-state index < -0.39 is 5.97 Å². The highest BCUT2D eigenvalue weighted by molar-refractivity contribution is 5.71. The van der Waals surface area contributed by atoms with Crippen molar-refractivity contribution in [3.63, 3.8) is 0 Å². The van der Waals surface area contributed by atoms with Gasteiger partial charge in [0.15, 0.2) is 0 Å². The molecule has 3 rings (SSSR count). The van der Waals surface area contributed by atoms with Gasteiger partial charge in [-0.05, 0) is 12.8 Å². The molecule has 0 atom stereocenters. The second-order valence-corrected chi connectivity index (χ2v) is 4.65. The van der Waals surface area contributed by atoms with E-state index in [9.17, 15) is 4.79 Å². The molecule has 4 nitrogen and oxygen atoms in total. The van der Waals surface area contributed by atoms with Crippen molar-refractivity contribution in [1.29, 1.82) is 0 Å². The Morgan fingerprint density at radius 3 is 2.88 bits per heavy atom. The fourth-order valence-electron chi connectivity index (χ4n) is 2.57. The number of fused-ring (bicyclic) bond motifs is 1. The Morgan fingerprint density at radius 1 is 1.44 bits per heavy atom. The van der Waals surface area contributed by atoms with Crippen LogP contribution in [0, 0.1) is 0 Å². The molecule has 1 aliphatic carbocycles. The molecular formula is C12H15NO3. The summed E-state index contributed by atoms with van der Waals surface area (Å²) in [5.74, 6) is 1.62. The normalized spacial score (nSPS) is 19.5. The number of carboxylic acids is 1. The predicted octanol–water partition coefficient (Wildman–Crippen LogP) is 1.78. The Labute approximate surface area is 93.6 Å². The zero-order chi connectivity index (χ0) is 11.1. The molecule has 16 heavy (non-hydrogen) atoms. The van der Waals surface area contributed by atoms with Crippen LogP contribution in [-0.2, 0) is 24.3 Å². The highest BCUT2D eigenvalue weighted by Crippen LogP contribution is 2.42. The quantitative estimate of drug-likeness (QED) is 0.816. The monoisotopic (exact) mass is 221 g/mol. The van der Waals surface area contributed by atoms with Gasteiger partial charge in [-0.1, -0.05) is 6.42 Å². The van der Waals surface area contributed by atoms with Gasteiger partial charge in [0, 0.05) is 23.6 Å². The van der Waals surface area contributed by atoms with Gasteiger partial charge in [-0.2, -0.15) is 0 Å². The molecule has 2 N–H and O–H groups in total. The largest absolute Gasteiger partial charge is 0.481 e. The van der Waals surface area contributed by atoms with Crippen LogP contribution in [0.15, 0.2) is 4.42 Å². The first-order valence-corrected chi connectivity index (χ1v) is 5.81. The minimum Gasteiger partial charge on any atom is -0.481 e. The maximum absolute atomic E-state index is 10.9. The lowest BCUT2D eigenvalue weighted by Crippen LogP contribution is -2.13. The van der Waals surface area contributed by atoms with Crippen LogP contribution in [0.3, 0.4) is 0 Å². The standard InChI is InChI=1S/C12H15NO3/c14-11(15)4-8-9-5-13-6-10(9)16-12(8)7-2-1-3-7/h7,13H,1-6H2,(H,14,15). The molecule has 0 spiro atoms. The van der Waals surface area contributed by atoms with Gasteiger partial charge in [0.25, 0.3) is 0 Å². The molecule has 1 fully saturated rings. The van der Waals surface area contributed by atoms with Crippen molar-refractivity contribution in [2.24, 2.45) is 0 Å². The minimum absolute atomic E-state index is 0.104. The second-order valence-electron chi connectivity index (χ2n) is 4.65. The van der Waals surface area contributed by atoms with E-state index >= 15 is 0 Å². The molecule has 86 valence electrons. The van der Waals surface area contributed by atoms with Crippen LogP contribution in [0.25, 0.3) is 0 Å². The number of furan rings is 1. The van der Waals surface area contributed by atoms with E-state index in [-0.39, 0.29) is 6.42 Å². The van der Waals surface area contributed by atoms with E-state index in [0.29, 0.717) is 5.92 Å². The lowest BCUT2D eigenvalue weighted by molar-refractivity contribution is -0.136. The highest BCUT2D eigenvalue weighted by atomic mass is 16.4. The van der Waals surface area contributed by atoms with Gasteiger partial charge in [0.1, 0.15) is 11.5 Å². The molecule has 2 aliphatic rings. The van der Waals surface area contributed by atoms with Gasteiger partial charge in [-0.25, -0.2) is 0 Å². The smallest absolute Gasteiger partial charge is 0.307 e. The Bertz CT molecular complexity index is 432.